The zero-order valence-corrected chi connectivity index (χ0v) is 14.0. The molecule has 3 amide bonds. The van der Waals surface area contributed by atoms with Gasteiger partial charge in [-0.15, -0.1) is 11.3 Å². The number of carbonyl (C=O) groups is 2. The molecular formula is C16H24N3O3S+. The number of urea groups is 1. The number of amides is 3. The lowest BCUT2D eigenvalue weighted by Crippen LogP contribution is -3.13. The fourth-order valence-corrected chi connectivity index (χ4v) is 3.62. The predicted molar refractivity (Wildman–Crippen MR) is 87.4 cm³/mol. The Kier molecular flexibility index (Phi) is 5.64. The van der Waals surface area contributed by atoms with Crippen molar-refractivity contribution in [2.75, 3.05) is 19.7 Å². The van der Waals surface area contributed by atoms with Crippen molar-refractivity contribution in [3.63, 3.8) is 0 Å². The molecule has 1 aliphatic carbocycles. The maximum atomic E-state index is 12.1. The predicted octanol–water partition coefficient (Wildman–Crippen LogP) is 0.300. The molecule has 1 aliphatic heterocycles. The van der Waals surface area contributed by atoms with Gasteiger partial charge in [-0.25, -0.2) is 4.79 Å². The summed E-state index contributed by atoms with van der Waals surface area (Å²) in [5.74, 6) is -0.229. The van der Waals surface area contributed by atoms with Gasteiger partial charge in [-0.2, -0.15) is 0 Å². The summed E-state index contributed by atoms with van der Waals surface area (Å²) >= 11 is 1.69. The maximum absolute atomic E-state index is 12.1. The number of hydrogen-bond acceptors (Lipinski definition) is 4. The number of nitrogens with one attached hydrogen (secondary N) is 3. The van der Waals surface area contributed by atoms with Crippen molar-refractivity contribution in [1.82, 2.24) is 10.6 Å². The van der Waals surface area contributed by atoms with Crippen LogP contribution in [0.1, 0.15) is 30.6 Å². The molecule has 1 unspecified atom stereocenters. The van der Waals surface area contributed by atoms with Crippen molar-refractivity contribution in [3.8, 4) is 0 Å². The van der Waals surface area contributed by atoms with E-state index >= 15 is 0 Å². The average molecular weight is 338 g/mol. The molecule has 2 fully saturated rings. The van der Waals surface area contributed by atoms with Gasteiger partial charge in [0.15, 0.2) is 6.54 Å². The lowest BCUT2D eigenvalue weighted by Gasteiger charge is -2.21. The Bertz CT molecular complexity index is 525. The van der Waals surface area contributed by atoms with Gasteiger partial charge in [0.1, 0.15) is 19.2 Å². The van der Waals surface area contributed by atoms with Gasteiger partial charge in [-0.05, 0) is 37.1 Å². The summed E-state index contributed by atoms with van der Waals surface area (Å²) in [4.78, 5) is 26.2. The molecule has 3 N–H and O–H groups in total. The van der Waals surface area contributed by atoms with Crippen LogP contribution in [0.4, 0.5) is 4.79 Å². The van der Waals surface area contributed by atoms with Gasteiger partial charge in [0.2, 0.25) is 0 Å². The third kappa shape index (κ3) is 5.60. The first-order valence-electron chi connectivity index (χ1n) is 8.27. The van der Waals surface area contributed by atoms with Gasteiger partial charge in [0.25, 0.3) is 5.91 Å². The molecular weight excluding hydrogens is 314 g/mol. The second-order valence-corrected chi connectivity index (χ2v) is 7.35. The molecule has 1 aromatic rings. The monoisotopic (exact) mass is 338 g/mol. The summed E-state index contributed by atoms with van der Waals surface area (Å²) in [6.07, 6.45) is 4.38. The molecule has 1 saturated carbocycles. The first kappa shape index (κ1) is 16.4. The lowest BCUT2D eigenvalue weighted by atomic mass is 10.2. The van der Waals surface area contributed by atoms with Crippen molar-refractivity contribution in [1.29, 1.82) is 0 Å². The Morgan fingerprint density at radius 3 is 2.87 bits per heavy atom. The van der Waals surface area contributed by atoms with E-state index in [9.17, 15) is 9.59 Å². The Hall–Kier alpha value is -1.44. The summed E-state index contributed by atoms with van der Waals surface area (Å²) in [5.41, 5.74) is 0. The van der Waals surface area contributed by atoms with E-state index in [4.69, 9.17) is 4.74 Å². The number of carbonyl (C=O) groups excluding carboxylic acids is 2. The van der Waals surface area contributed by atoms with Crippen LogP contribution >= 0.6 is 11.3 Å². The summed E-state index contributed by atoms with van der Waals surface area (Å²) in [6, 6.07) is 3.99. The molecule has 0 aromatic carbocycles. The molecule has 3 rings (SSSR count). The average Bonchev–Trinajstić information content (AvgIpc) is 2.97. The van der Waals surface area contributed by atoms with Gasteiger partial charge < -0.3 is 15.0 Å². The third-order valence-electron chi connectivity index (χ3n) is 4.12. The van der Waals surface area contributed by atoms with Gasteiger partial charge in [0, 0.05) is 12.6 Å². The second kappa shape index (κ2) is 7.90. The van der Waals surface area contributed by atoms with Crippen LogP contribution in [0.2, 0.25) is 0 Å². The SMILES string of the molecule is O=C(C[NH+](Cc1cccs1)C[C@H]1CCCO1)NC(=O)NC1CC1. The first-order chi connectivity index (χ1) is 11.2. The van der Waals surface area contributed by atoms with Crippen molar-refractivity contribution in [3.05, 3.63) is 22.4 Å². The second-order valence-electron chi connectivity index (χ2n) is 6.32. The molecule has 7 heteroatoms. The van der Waals surface area contributed by atoms with E-state index in [-0.39, 0.29) is 30.6 Å². The van der Waals surface area contributed by atoms with Gasteiger partial charge in [-0.3, -0.25) is 10.1 Å². The van der Waals surface area contributed by atoms with E-state index in [2.05, 4.69) is 16.7 Å². The third-order valence-corrected chi connectivity index (χ3v) is 5.00. The normalized spacial score (nSPS) is 21.8. The number of rotatable bonds is 7. The minimum absolute atomic E-state index is 0.220. The van der Waals surface area contributed by atoms with E-state index in [1.807, 2.05) is 11.4 Å². The van der Waals surface area contributed by atoms with Crippen molar-refractivity contribution >= 4 is 23.3 Å². The number of imide groups is 1. The highest BCUT2D eigenvalue weighted by Crippen LogP contribution is 2.18. The fourth-order valence-electron chi connectivity index (χ4n) is 2.84. The summed E-state index contributed by atoms with van der Waals surface area (Å²) in [6.45, 7) is 2.69. The van der Waals surface area contributed by atoms with Crippen LogP contribution in [0.5, 0.6) is 0 Å². The Balaban J connectivity index is 1.50. The summed E-state index contributed by atoms with van der Waals surface area (Å²) in [5, 5.41) is 7.26. The van der Waals surface area contributed by atoms with Crippen LogP contribution in [0.3, 0.4) is 0 Å². The molecule has 6 nitrogen and oxygen atoms in total. The fraction of sp³-hybridized carbons (Fsp3) is 0.625. The molecule has 126 valence electrons. The number of ether oxygens (including phenoxy) is 1. The molecule has 0 radical (unpaired) electrons. The number of thiophene rings is 1. The molecule has 2 aliphatic rings. The van der Waals surface area contributed by atoms with E-state index in [0.29, 0.717) is 0 Å². The largest absolute Gasteiger partial charge is 0.372 e. The number of hydrogen-bond donors (Lipinski definition) is 3. The van der Waals surface area contributed by atoms with Crippen LogP contribution < -0.4 is 15.5 Å². The standard InChI is InChI=1S/C16H23N3O3S/c20-15(18-16(21)17-12-5-6-12)11-19(9-13-3-1-7-22-13)10-14-4-2-8-23-14/h2,4,8,12-13H,1,3,5-7,9-11H2,(H2,17,18,20,21)/p+1/t13-/m1/s1. The Morgan fingerprint density at radius 2 is 2.22 bits per heavy atom. The lowest BCUT2D eigenvalue weighted by molar-refractivity contribution is -0.908. The van der Waals surface area contributed by atoms with E-state index in [1.165, 1.54) is 4.88 Å². The molecule has 1 aromatic heterocycles. The Morgan fingerprint density at radius 1 is 1.35 bits per heavy atom. The summed E-state index contributed by atoms with van der Waals surface area (Å²) in [7, 11) is 0. The van der Waals surface area contributed by atoms with Crippen molar-refractivity contribution < 1.29 is 19.2 Å². The van der Waals surface area contributed by atoms with Gasteiger partial charge >= 0.3 is 6.03 Å². The zero-order chi connectivity index (χ0) is 16.1. The highest BCUT2D eigenvalue weighted by atomic mass is 32.1. The molecule has 0 spiro atoms. The first-order valence-corrected chi connectivity index (χ1v) is 9.15. The van der Waals surface area contributed by atoms with E-state index in [0.717, 1.165) is 50.3 Å². The molecule has 1 saturated heterocycles. The number of quaternary nitrogens is 1. The zero-order valence-electron chi connectivity index (χ0n) is 13.2. The minimum atomic E-state index is -0.370. The summed E-state index contributed by atoms with van der Waals surface area (Å²) < 4.78 is 5.70. The smallest absolute Gasteiger partial charge is 0.321 e. The molecule has 0 bridgehead atoms. The van der Waals surface area contributed by atoms with Crippen LogP contribution in [-0.4, -0.2) is 43.8 Å². The molecule has 23 heavy (non-hydrogen) atoms. The van der Waals surface area contributed by atoms with Gasteiger partial charge in [-0.1, -0.05) is 6.07 Å². The maximum Gasteiger partial charge on any atom is 0.321 e. The highest BCUT2D eigenvalue weighted by Gasteiger charge is 2.27. The minimum Gasteiger partial charge on any atom is -0.372 e. The van der Waals surface area contributed by atoms with Crippen LogP contribution in [0.15, 0.2) is 17.5 Å². The Labute approximate surface area is 140 Å². The van der Waals surface area contributed by atoms with E-state index < -0.39 is 0 Å². The van der Waals surface area contributed by atoms with Crippen LogP contribution in [0, 0.1) is 0 Å². The van der Waals surface area contributed by atoms with Crippen molar-refractivity contribution in [2.24, 2.45) is 0 Å². The van der Waals surface area contributed by atoms with Gasteiger partial charge in [0.05, 0.1) is 4.88 Å². The highest BCUT2D eigenvalue weighted by molar-refractivity contribution is 7.09. The van der Waals surface area contributed by atoms with Crippen LogP contribution in [0.25, 0.3) is 0 Å². The molecule has 2 heterocycles. The van der Waals surface area contributed by atoms with E-state index in [1.54, 1.807) is 11.3 Å². The molecule has 2 atom stereocenters. The van der Waals surface area contributed by atoms with Crippen molar-refractivity contribution in [2.45, 2.75) is 44.4 Å². The van der Waals surface area contributed by atoms with Crippen LogP contribution in [-0.2, 0) is 16.1 Å². The quantitative estimate of drug-likeness (QED) is 0.670. The topological polar surface area (TPSA) is 71.9 Å².